The van der Waals surface area contributed by atoms with Gasteiger partial charge in [0.05, 0.1) is 22.9 Å². The van der Waals surface area contributed by atoms with Crippen molar-refractivity contribution >= 4 is 22.5 Å². The predicted octanol–water partition coefficient (Wildman–Crippen LogP) is 2.49. The second kappa shape index (κ2) is 7.00. The Kier molecular flexibility index (Phi) is 4.60. The Morgan fingerprint density at radius 1 is 1.28 bits per heavy atom. The van der Waals surface area contributed by atoms with Crippen molar-refractivity contribution in [3.8, 4) is 5.75 Å². The number of methoxy groups -OCH3 is 1. The number of aromatic nitrogens is 2. The molecule has 0 aliphatic rings. The van der Waals surface area contributed by atoms with E-state index in [1.54, 1.807) is 7.11 Å². The van der Waals surface area contributed by atoms with E-state index >= 15 is 0 Å². The Labute approximate surface area is 142 Å². The van der Waals surface area contributed by atoms with Crippen molar-refractivity contribution in [3.63, 3.8) is 0 Å². The van der Waals surface area contributed by atoms with Gasteiger partial charge in [-0.15, -0.1) is 0 Å². The lowest BCUT2D eigenvalue weighted by atomic mass is 10.1. The number of benzene rings is 2. The number of anilines is 1. The van der Waals surface area contributed by atoms with Gasteiger partial charge in [0, 0.05) is 18.7 Å². The van der Waals surface area contributed by atoms with Crippen LogP contribution in [-0.2, 0) is 6.42 Å². The number of H-pyrrole nitrogens is 1. The molecular weight excluding hydrogens is 324 g/mol. The molecule has 2 N–H and O–H groups in total. The lowest BCUT2D eigenvalue weighted by Gasteiger charge is -2.07. The fraction of sp³-hybridized carbons (Fsp3) is 0.176. The molecule has 0 unspecified atom stereocenters. The Morgan fingerprint density at radius 2 is 2.12 bits per heavy atom. The minimum absolute atomic E-state index is 0.140. The topological polar surface area (TPSA) is 110 Å². The van der Waals surface area contributed by atoms with Crippen LogP contribution in [0.15, 0.2) is 47.3 Å². The van der Waals surface area contributed by atoms with E-state index in [2.05, 4.69) is 15.3 Å². The fourth-order valence-electron chi connectivity index (χ4n) is 2.48. The molecule has 128 valence electrons. The summed E-state index contributed by atoms with van der Waals surface area (Å²) in [6, 6.07) is 11.7. The van der Waals surface area contributed by atoms with E-state index < -0.39 is 10.5 Å². The number of nitrogens with one attached hydrogen (secondary N) is 2. The van der Waals surface area contributed by atoms with E-state index in [0.29, 0.717) is 18.0 Å². The largest absolute Gasteiger partial charge is 0.497 e. The minimum Gasteiger partial charge on any atom is -0.497 e. The smallest absolute Gasteiger partial charge is 0.270 e. The summed E-state index contributed by atoms with van der Waals surface area (Å²) in [6.07, 6.45) is 0.721. The highest BCUT2D eigenvalue weighted by atomic mass is 16.6. The maximum Gasteiger partial charge on any atom is 0.270 e. The monoisotopic (exact) mass is 340 g/mol. The van der Waals surface area contributed by atoms with E-state index in [9.17, 15) is 14.9 Å². The Bertz CT molecular complexity index is 984. The lowest BCUT2D eigenvalue weighted by Crippen LogP contribution is -2.15. The van der Waals surface area contributed by atoms with Crippen LogP contribution in [0.25, 0.3) is 10.9 Å². The average molecular weight is 340 g/mol. The number of aromatic amines is 1. The van der Waals surface area contributed by atoms with Crippen molar-refractivity contribution in [3.05, 3.63) is 68.5 Å². The summed E-state index contributed by atoms with van der Waals surface area (Å²) >= 11 is 0. The van der Waals surface area contributed by atoms with Crippen molar-refractivity contribution in [2.24, 2.45) is 0 Å². The summed E-state index contributed by atoms with van der Waals surface area (Å²) in [7, 11) is 1.62. The first-order chi connectivity index (χ1) is 12.1. The summed E-state index contributed by atoms with van der Waals surface area (Å²) in [5, 5.41) is 14.0. The van der Waals surface area contributed by atoms with Gasteiger partial charge in [0.15, 0.2) is 0 Å². The number of hydrogen-bond donors (Lipinski definition) is 2. The number of rotatable bonds is 6. The van der Waals surface area contributed by atoms with Gasteiger partial charge in [0.1, 0.15) is 5.75 Å². The normalized spacial score (nSPS) is 10.6. The summed E-state index contributed by atoms with van der Waals surface area (Å²) < 4.78 is 5.18. The van der Waals surface area contributed by atoms with Crippen LogP contribution in [0, 0.1) is 10.1 Å². The molecule has 0 spiro atoms. The molecule has 0 aliphatic heterocycles. The Hall–Kier alpha value is -3.42. The fourth-order valence-corrected chi connectivity index (χ4v) is 2.48. The zero-order chi connectivity index (χ0) is 17.8. The molecule has 0 saturated carbocycles. The molecule has 1 heterocycles. The average Bonchev–Trinajstić information content (AvgIpc) is 2.61. The predicted molar refractivity (Wildman–Crippen MR) is 94.2 cm³/mol. The van der Waals surface area contributed by atoms with Crippen LogP contribution in [0.3, 0.4) is 0 Å². The van der Waals surface area contributed by atoms with Crippen LogP contribution in [-0.4, -0.2) is 28.5 Å². The van der Waals surface area contributed by atoms with Gasteiger partial charge in [-0.1, -0.05) is 12.1 Å². The van der Waals surface area contributed by atoms with Crippen molar-refractivity contribution in [1.82, 2.24) is 9.97 Å². The quantitative estimate of drug-likeness (QED) is 0.527. The van der Waals surface area contributed by atoms with Crippen LogP contribution >= 0.6 is 0 Å². The summed E-state index contributed by atoms with van der Waals surface area (Å²) in [5.41, 5.74) is 0.931. The number of nitro groups is 1. The molecule has 2 aromatic carbocycles. The van der Waals surface area contributed by atoms with E-state index in [4.69, 9.17) is 4.74 Å². The number of hydrogen-bond acceptors (Lipinski definition) is 6. The van der Waals surface area contributed by atoms with Crippen molar-refractivity contribution in [2.75, 3.05) is 19.0 Å². The molecule has 8 nitrogen and oxygen atoms in total. The van der Waals surface area contributed by atoms with Gasteiger partial charge in [-0.05, 0) is 30.2 Å². The molecule has 1 aromatic heterocycles. The van der Waals surface area contributed by atoms with Crippen molar-refractivity contribution in [1.29, 1.82) is 0 Å². The number of nitrogens with zero attached hydrogens (tertiary/aromatic N) is 2. The molecule has 3 rings (SSSR count). The van der Waals surface area contributed by atoms with Gasteiger partial charge < -0.3 is 10.1 Å². The van der Waals surface area contributed by atoms with Crippen LogP contribution in [0.5, 0.6) is 5.75 Å². The second-order valence-corrected chi connectivity index (χ2v) is 5.40. The van der Waals surface area contributed by atoms with Gasteiger partial charge in [-0.3, -0.25) is 19.9 Å². The molecule has 25 heavy (non-hydrogen) atoms. The number of nitro benzene ring substituents is 1. The summed E-state index contributed by atoms with van der Waals surface area (Å²) in [5.74, 6) is 1.12. The summed E-state index contributed by atoms with van der Waals surface area (Å²) in [6.45, 7) is 0.564. The molecule has 0 fully saturated rings. The van der Waals surface area contributed by atoms with Crippen LogP contribution in [0.2, 0.25) is 0 Å². The second-order valence-electron chi connectivity index (χ2n) is 5.40. The molecular formula is C17H16N4O4. The van der Waals surface area contributed by atoms with Crippen LogP contribution in [0.1, 0.15) is 5.56 Å². The molecule has 3 aromatic rings. The third-order valence-corrected chi connectivity index (χ3v) is 3.74. The molecule has 0 atom stereocenters. The van der Waals surface area contributed by atoms with Gasteiger partial charge in [-0.2, -0.15) is 0 Å². The van der Waals surface area contributed by atoms with E-state index in [0.717, 1.165) is 17.7 Å². The first-order valence-corrected chi connectivity index (χ1v) is 7.62. The highest BCUT2D eigenvalue weighted by Crippen LogP contribution is 2.17. The van der Waals surface area contributed by atoms with Crippen LogP contribution in [0.4, 0.5) is 11.6 Å². The van der Waals surface area contributed by atoms with Gasteiger partial charge >= 0.3 is 0 Å². The maximum absolute atomic E-state index is 12.1. The van der Waals surface area contributed by atoms with Gasteiger partial charge in [0.25, 0.3) is 11.2 Å². The van der Waals surface area contributed by atoms with Gasteiger partial charge in [-0.25, -0.2) is 4.98 Å². The van der Waals surface area contributed by atoms with Crippen LogP contribution < -0.4 is 15.6 Å². The Balaban J connectivity index is 1.74. The molecule has 8 heteroatoms. The standard InChI is InChI=1S/C17H16N4O4/c1-25-13-4-2-3-11(9-13)7-8-18-17-19-15-6-5-12(21(23)24)10-14(15)16(22)20-17/h2-6,9-10H,7-8H2,1H3,(H2,18,19,20,22). The van der Waals surface area contributed by atoms with Crippen molar-refractivity contribution in [2.45, 2.75) is 6.42 Å². The lowest BCUT2D eigenvalue weighted by molar-refractivity contribution is -0.384. The first-order valence-electron chi connectivity index (χ1n) is 7.62. The molecule has 0 saturated heterocycles. The number of non-ortho nitro benzene ring substituents is 1. The zero-order valence-corrected chi connectivity index (χ0v) is 13.5. The summed E-state index contributed by atoms with van der Waals surface area (Å²) in [4.78, 5) is 29.3. The van der Waals surface area contributed by atoms with Gasteiger partial charge in [0.2, 0.25) is 5.95 Å². The molecule has 0 radical (unpaired) electrons. The number of fused-ring (bicyclic) bond motifs is 1. The first kappa shape index (κ1) is 16.4. The SMILES string of the molecule is COc1cccc(CCNc2nc3ccc([N+](=O)[O-])cc3c(=O)[nH]2)c1. The van der Waals surface area contributed by atoms with E-state index in [1.807, 2.05) is 24.3 Å². The molecule has 0 aliphatic carbocycles. The Morgan fingerprint density at radius 3 is 2.88 bits per heavy atom. The highest BCUT2D eigenvalue weighted by Gasteiger charge is 2.10. The third kappa shape index (κ3) is 3.74. The van der Waals surface area contributed by atoms with Crippen molar-refractivity contribution < 1.29 is 9.66 Å². The third-order valence-electron chi connectivity index (χ3n) is 3.74. The number of ether oxygens (including phenoxy) is 1. The minimum atomic E-state index is -0.542. The zero-order valence-electron chi connectivity index (χ0n) is 13.5. The molecule has 0 bridgehead atoms. The molecule has 0 amide bonds. The van der Waals surface area contributed by atoms with E-state index in [-0.39, 0.29) is 11.1 Å². The van der Waals surface area contributed by atoms with E-state index in [1.165, 1.54) is 18.2 Å². The highest BCUT2D eigenvalue weighted by molar-refractivity contribution is 5.80. The maximum atomic E-state index is 12.1.